The van der Waals surface area contributed by atoms with Gasteiger partial charge in [0.05, 0.1) is 7.11 Å². The molecule has 3 aromatic rings. The van der Waals surface area contributed by atoms with Gasteiger partial charge in [0.25, 0.3) is 5.91 Å². The molecule has 0 radical (unpaired) electrons. The molecule has 0 aromatic heterocycles. The third-order valence-corrected chi connectivity index (χ3v) is 3.47. The lowest BCUT2D eigenvalue weighted by atomic mass is 10.2. The first kappa shape index (κ1) is 14.6. The normalized spacial score (nSPS) is 10.5. The number of rotatable bonds is 3. The number of carbonyl (C=O) groups is 1. The summed E-state index contributed by atoms with van der Waals surface area (Å²) in [6.07, 6.45) is 0. The van der Waals surface area contributed by atoms with Gasteiger partial charge in [0.15, 0.2) is 5.36 Å². The van der Waals surface area contributed by atoms with E-state index in [2.05, 4.69) is 10.5 Å². The molecule has 0 bridgehead atoms. The summed E-state index contributed by atoms with van der Waals surface area (Å²) < 4.78 is 5.01. The van der Waals surface area contributed by atoms with Crippen LogP contribution < -0.4 is 26.4 Å². The summed E-state index contributed by atoms with van der Waals surface area (Å²) in [5.74, 6) is 0.0983. The van der Waals surface area contributed by atoms with Crippen LogP contribution in [0.3, 0.4) is 0 Å². The number of fused-ring (bicyclic) bond motifs is 1. The van der Waals surface area contributed by atoms with Crippen molar-refractivity contribution >= 4 is 16.7 Å². The number of methoxy groups -OCH3 is 1. The highest BCUT2D eigenvalue weighted by molar-refractivity contribution is 5.94. The van der Waals surface area contributed by atoms with Crippen LogP contribution in [-0.2, 0) is 0 Å². The molecule has 1 N–H and O–H groups in total. The van der Waals surface area contributed by atoms with Crippen LogP contribution in [0.2, 0.25) is 0 Å². The molecule has 0 spiro atoms. The van der Waals surface area contributed by atoms with Gasteiger partial charge in [0.2, 0.25) is 10.9 Å². The monoisotopic (exact) mass is 308 g/mol. The lowest BCUT2D eigenvalue weighted by Gasteiger charge is -2.01. The minimum Gasteiger partial charge on any atom is -0.497 e. The average Bonchev–Trinajstić information content (AvgIpc) is 2.84. The molecule has 3 aromatic carbocycles. The number of nitrogens with zero attached hydrogens (tertiary/aromatic N) is 1. The Bertz CT molecular complexity index is 979. The molecule has 6 nitrogen and oxygen atoms in total. The van der Waals surface area contributed by atoms with Gasteiger partial charge >= 0.3 is 0 Å². The lowest BCUT2D eigenvalue weighted by Crippen LogP contribution is -2.35. The highest BCUT2D eigenvalue weighted by Gasteiger charge is 2.11. The maximum Gasteiger partial charge on any atom is 0.271 e. The molecule has 0 aliphatic carbocycles. The molecule has 1 amide bonds. The third-order valence-electron chi connectivity index (χ3n) is 3.47. The van der Waals surface area contributed by atoms with E-state index < -0.39 is 16.8 Å². The largest absolute Gasteiger partial charge is 0.497 e. The van der Waals surface area contributed by atoms with Crippen LogP contribution in [0.1, 0.15) is 10.4 Å². The van der Waals surface area contributed by atoms with E-state index >= 15 is 0 Å². The molecule has 0 heterocycles. The Morgan fingerprint density at radius 3 is 2.04 bits per heavy atom. The highest BCUT2D eigenvalue weighted by Crippen LogP contribution is 2.10. The van der Waals surface area contributed by atoms with Gasteiger partial charge in [-0.2, -0.15) is 5.10 Å². The number of hydrogen-bond acceptors (Lipinski definition) is 5. The van der Waals surface area contributed by atoms with Crippen molar-refractivity contribution in [2.24, 2.45) is 5.10 Å². The maximum atomic E-state index is 12.1. The van der Waals surface area contributed by atoms with Crippen LogP contribution in [0.5, 0.6) is 5.75 Å². The molecule has 3 rings (SSSR count). The lowest BCUT2D eigenvalue weighted by molar-refractivity contribution is 0.0953. The zero-order valence-electron chi connectivity index (χ0n) is 12.2. The Balaban J connectivity index is 1.95. The SMILES string of the molecule is COc1ccc(C(=O)NN=c2c(=O)c3ccccc3c2=O)cc1. The minimum absolute atomic E-state index is 0.284. The Morgan fingerprint density at radius 2 is 1.52 bits per heavy atom. The third kappa shape index (κ3) is 2.62. The molecule has 0 unspecified atom stereocenters. The van der Waals surface area contributed by atoms with E-state index in [0.29, 0.717) is 22.1 Å². The van der Waals surface area contributed by atoms with E-state index in [1.165, 1.54) is 7.11 Å². The zero-order valence-corrected chi connectivity index (χ0v) is 12.2. The van der Waals surface area contributed by atoms with E-state index in [0.717, 1.165) is 0 Å². The molecule has 6 heteroatoms. The van der Waals surface area contributed by atoms with Gasteiger partial charge < -0.3 is 4.74 Å². The van der Waals surface area contributed by atoms with Crippen molar-refractivity contribution in [1.82, 2.24) is 5.43 Å². The van der Waals surface area contributed by atoms with Crippen molar-refractivity contribution < 1.29 is 9.53 Å². The van der Waals surface area contributed by atoms with E-state index in [4.69, 9.17) is 4.74 Å². The molecule has 0 fully saturated rings. The summed E-state index contributed by atoms with van der Waals surface area (Å²) in [5, 5.41) is 4.02. The zero-order chi connectivity index (χ0) is 16.4. The Hall–Kier alpha value is -3.28. The number of carbonyl (C=O) groups excluding carboxylic acids is 1. The molecule has 0 saturated carbocycles. The molecular weight excluding hydrogens is 296 g/mol. The summed E-state index contributed by atoms with van der Waals surface area (Å²) >= 11 is 0. The fraction of sp³-hybridized carbons (Fsp3) is 0.0588. The second-order valence-corrected chi connectivity index (χ2v) is 4.83. The van der Waals surface area contributed by atoms with E-state index in [1.807, 2.05) is 0 Å². The van der Waals surface area contributed by atoms with Crippen molar-refractivity contribution in [3.05, 3.63) is 79.9 Å². The van der Waals surface area contributed by atoms with Crippen LogP contribution in [0.15, 0.2) is 63.2 Å². The molecule has 0 aliphatic rings. The summed E-state index contributed by atoms with van der Waals surface area (Å²) in [7, 11) is 1.52. The number of benzene rings is 2. The molecular formula is C17H12N2O4. The van der Waals surface area contributed by atoms with Crippen LogP contribution >= 0.6 is 0 Å². The molecule has 0 aliphatic heterocycles. The number of amides is 1. The minimum atomic E-state index is -0.517. The standard InChI is InChI=1S/C17H12N2O4/c1-23-11-8-6-10(7-9-11)17(22)19-18-14-15(20)12-4-2-3-5-13(12)16(14)21/h2-9H,1H3,(H,19,22). The smallest absolute Gasteiger partial charge is 0.271 e. The van der Waals surface area contributed by atoms with Crippen LogP contribution in [0, 0.1) is 0 Å². The van der Waals surface area contributed by atoms with E-state index in [9.17, 15) is 14.4 Å². The molecule has 114 valence electrons. The Kier molecular flexibility index (Phi) is 3.72. The fourth-order valence-electron chi connectivity index (χ4n) is 2.25. The van der Waals surface area contributed by atoms with Crippen LogP contribution in [0.4, 0.5) is 0 Å². The van der Waals surface area contributed by atoms with Gasteiger partial charge in [0, 0.05) is 16.3 Å². The van der Waals surface area contributed by atoms with Gasteiger partial charge in [-0.1, -0.05) is 24.3 Å². The van der Waals surface area contributed by atoms with Crippen molar-refractivity contribution in [3.8, 4) is 5.75 Å². The second kappa shape index (κ2) is 5.84. The first-order chi connectivity index (χ1) is 11.1. The molecule has 0 atom stereocenters. The van der Waals surface area contributed by atoms with E-state index in [-0.39, 0.29) is 5.36 Å². The average molecular weight is 308 g/mol. The quantitative estimate of drug-likeness (QED) is 0.721. The summed E-state index contributed by atoms with van der Waals surface area (Å²) in [4.78, 5) is 36.2. The van der Waals surface area contributed by atoms with Gasteiger partial charge in [-0.15, -0.1) is 0 Å². The highest BCUT2D eigenvalue weighted by atomic mass is 16.5. The number of nitrogens with one attached hydrogen (secondary N) is 1. The molecule has 23 heavy (non-hydrogen) atoms. The van der Waals surface area contributed by atoms with Crippen LogP contribution in [-0.4, -0.2) is 13.0 Å². The topological polar surface area (TPSA) is 84.8 Å². The van der Waals surface area contributed by atoms with Crippen molar-refractivity contribution in [2.75, 3.05) is 7.11 Å². The van der Waals surface area contributed by atoms with Crippen LogP contribution in [0.25, 0.3) is 10.8 Å². The van der Waals surface area contributed by atoms with Gasteiger partial charge in [-0.3, -0.25) is 14.4 Å². The fourth-order valence-corrected chi connectivity index (χ4v) is 2.25. The number of ether oxygens (including phenoxy) is 1. The van der Waals surface area contributed by atoms with Crippen molar-refractivity contribution in [2.45, 2.75) is 0 Å². The van der Waals surface area contributed by atoms with E-state index in [1.54, 1.807) is 48.5 Å². The van der Waals surface area contributed by atoms with Crippen molar-refractivity contribution in [1.29, 1.82) is 0 Å². The van der Waals surface area contributed by atoms with Crippen molar-refractivity contribution in [3.63, 3.8) is 0 Å². The molecule has 0 saturated heterocycles. The Labute approximate surface area is 130 Å². The first-order valence-corrected chi connectivity index (χ1v) is 6.82. The maximum absolute atomic E-state index is 12.1. The summed E-state index contributed by atoms with van der Waals surface area (Å²) in [6, 6.07) is 12.8. The Morgan fingerprint density at radius 1 is 0.957 bits per heavy atom. The summed E-state index contributed by atoms with van der Waals surface area (Å²) in [5.41, 5.74) is 1.61. The second-order valence-electron chi connectivity index (χ2n) is 4.83. The first-order valence-electron chi connectivity index (χ1n) is 6.82. The predicted octanol–water partition coefficient (Wildman–Crippen LogP) is 0.690. The van der Waals surface area contributed by atoms with Gasteiger partial charge in [0.1, 0.15) is 5.75 Å². The number of hydrogen-bond donors (Lipinski definition) is 1. The summed E-state index contributed by atoms with van der Waals surface area (Å²) in [6.45, 7) is 0. The predicted molar refractivity (Wildman–Crippen MR) is 84.9 cm³/mol. The van der Waals surface area contributed by atoms with Gasteiger partial charge in [-0.05, 0) is 24.3 Å². The van der Waals surface area contributed by atoms with Gasteiger partial charge in [-0.25, -0.2) is 5.43 Å².